The third kappa shape index (κ3) is 7.22. The van der Waals surface area contributed by atoms with E-state index in [1.165, 1.54) is 57.8 Å². The Morgan fingerprint density at radius 2 is 0.821 bits per heavy atom. The quantitative estimate of drug-likeness (QED) is 0.567. The van der Waals surface area contributed by atoms with Crippen LogP contribution in [0.4, 0.5) is 0 Å². The summed E-state index contributed by atoms with van der Waals surface area (Å²) in [5.74, 6) is -2.28. The molecule has 0 aliphatic carbocycles. The Hall–Kier alpha value is -3.17. The molecule has 9 nitrogen and oxygen atoms in total. The van der Waals surface area contributed by atoms with Crippen LogP contribution >= 0.6 is 0 Å². The molecule has 0 amide bonds. The van der Waals surface area contributed by atoms with Crippen molar-refractivity contribution in [3.63, 3.8) is 0 Å². The fourth-order valence-electron chi connectivity index (χ4n) is 1.66. The third-order valence-electron chi connectivity index (χ3n) is 2.85. The minimum absolute atomic E-state index is 0. The molecule has 3 aromatic heterocycles. The van der Waals surface area contributed by atoms with Crippen LogP contribution in [0.1, 0.15) is 52.4 Å². The zero-order valence-electron chi connectivity index (χ0n) is 15.1. The standard InChI is InChI=1S/3C6H6O3.V/c3*1-4(7)6-5(8)2-3-9-6;/h3*2-3,8H,1H3;/p-3. The number of furan rings is 3. The van der Waals surface area contributed by atoms with Gasteiger partial charge in [0.2, 0.25) is 0 Å². The van der Waals surface area contributed by atoms with Gasteiger partial charge in [-0.15, -0.1) is 0 Å². The number of Topliss-reactive ketones (excluding diaryl/α,β-unsaturated/α-hetero) is 3. The number of rotatable bonds is 3. The molecule has 0 N–H and O–H groups in total. The SMILES string of the molecule is CC(=O)c1occc1[O-].CC(=O)c1occc1[O-].CC(=O)c1occc1[O-].[V]. The monoisotopic (exact) mass is 426 g/mol. The van der Waals surface area contributed by atoms with Gasteiger partial charge in [0.05, 0.1) is 18.8 Å². The summed E-state index contributed by atoms with van der Waals surface area (Å²) in [6.45, 7) is 3.88. The van der Waals surface area contributed by atoms with Crippen molar-refractivity contribution in [2.45, 2.75) is 20.8 Å². The van der Waals surface area contributed by atoms with Crippen LogP contribution in [0.15, 0.2) is 50.2 Å². The van der Waals surface area contributed by atoms with Crippen molar-refractivity contribution in [1.29, 1.82) is 0 Å². The minimum Gasteiger partial charge on any atom is -0.870 e. The van der Waals surface area contributed by atoms with Gasteiger partial charge in [0.25, 0.3) is 0 Å². The van der Waals surface area contributed by atoms with Crippen LogP contribution in [0.3, 0.4) is 0 Å². The van der Waals surface area contributed by atoms with Crippen LogP contribution in [-0.4, -0.2) is 17.3 Å². The van der Waals surface area contributed by atoms with Crippen molar-refractivity contribution in [2.75, 3.05) is 0 Å². The summed E-state index contributed by atoms with van der Waals surface area (Å²) < 4.78 is 13.7. The van der Waals surface area contributed by atoms with Crippen molar-refractivity contribution < 1.29 is 61.5 Å². The fourth-order valence-corrected chi connectivity index (χ4v) is 1.66. The second kappa shape index (κ2) is 11.5. The van der Waals surface area contributed by atoms with Crippen molar-refractivity contribution >= 4 is 17.3 Å². The molecular weight excluding hydrogens is 411 g/mol. The summed E-state index contributed by atoms with van der Waals surface area (Å²) in [5, 5.41) is 31.6. The molecule has 0 aliphatic rings. The van der Waals surface area contributed by atoms with Gasteiger partial charge in [0, 0.05) is 39.3 Å². The van der Waals surface area contributed by atoms with Crippen LogP contribution in [0.2, 0.25) is 0 Å². The maximum atomic E-state index is 10.5. The summed E-state index contributed by atoms with van der Waals surface area (Å²) in [4.78, 5) is 31.3. The molecule has 0 atom stereocenters. The average molecular weight is 426 g/mol. The van der Waals surface area contributed by atoms with E-state index in [9.17, 15) is 29.7 Å². The van der Waals surface area contributed by atoms with Gasteiger partial charge in [-0.25, -0.2) is 0 Å². The molecule has 0 aromatic carbocycles. The number of ketones is 3. The molecule has 0 aliphatic heterocycles. The van der Waals surface area contributed by atoms with Gasteiger partial charge >= 0.3 is 0 Å². The summed E-state index contributed by atoms with van der Waals surface area (Å²) in [6.07, 6.45) is 3.62. The zero-order chi connectivity index (χ0) is 20.6. The Kier molecular flexibility index (Phi) is 10.2. The fraction of sp³-hybridized carbons (Fsp3) is 0.167. The van der Waals surface area contributed by atoms with Crippen molar-refractivity contribution in [3.8, 4) is 17.2 Å². The summed E-state index contributed by atoms with van der Waals surface area (Å²) in [7, 11) is 0. The average Bonchev–Trinajstić information content (AvgIpc) is 3.29. The Morgan fingerprint density at radius 3 is 0.893 bits per heavy atom. The number of carbonyl (C=O) groups excluding carboxylic acids is 3. The minimum atomic E-state index is -0.345. The Labute approximate surface area is 171 Å². The van der Waals surface area contributed by atoms with Gasteiger partial charge in [-0.1, -0.05) is 17.2 Å². The molecule has 0 bridgehead atoms. The topological polar surface area (TPSA) is 160 Å². The van der Waals surface area contributed by atoms with E-state index in [-0.39, 0.29) is 70.4 Å². The summed E-state index contributed by atoms with van der Waals surface area (Å²) in [5.41, 5.74) is 0. The van der Waals surface area contributed by atoms with E-state index in [4.69, 9.17) is 0 Å². The van der Waals surface area contributed by atoms with Gasteiger partial charge in [-0.2, -0.15) is 0 Å². The molecule has 1 radical (unpaired) electrons. The molecule has 0 saturated heterocycles. The van der Waals surface area contributed by atoms with E-state index in [0.29, 0.717) is 0 Å². The second-order valence-corrected chi connectivity index (χ2v) is 5.01. The van der Waals surface area contributed by atoms with Gasteiger partial charge in [-0.05, 0) is 18.2 Å². The maximum Gasteiger partial charge on any atom is 0.194 e. The number of hydrogen-bond acceptors (Lipinski definition) is 9. The van der Waals surface area contributed by atoms with E-state index >= 15 is 0 Å². The van der Waals surface area contributed by atoms with E-state index in [2.05, 4.69) is 13.3 Å². The Bertz CT molecular complexity index is 798. The Morgan fingerprint density at radius 1 is 0.607 bits per heavy atom. The zero-order valence-corrected chi connectivity index (χ0v) is 16.5. The first kappa shape index (κ1) is 24.8. The molecule has 0 unspecified atom stereocenters. The molecule has 3 heterocycles. The molecule has 149 valence electrons. The van der Waals surface area contributed by atoms with Crippen LogP contribution in [0.25, 0.3) is 0 Å². The first-order valence-corrected chi connectivity index (χ1v) is 7.41. The molecule has 0 saturated carbocycles. The van der Waals surface area contributed by atoms with E-state index in [1.54, 1.807) is 0 Å². The molecule has 0 spiro atoms. The van der Waals surface area contributed by atoms with Crippen molar-refractivity contribution in [2.24, 2.45) is 0 Å². The van der Waals surface area contributed by atoms with Crippen LogP contribution in [0, 0.1) is 0 Å². The predicted octanol–water partition coefficient (Wildman–Crippen LogP) is 1.66. The summed E-state index contributed by atoms with van der Waals surface area (Å²) >= 11 is 0. The molecule has 3 aromatic rings. The first-order chi connectivity index (χ1) is 12.6. The largest absolute Gasteiger partial charge is 0.870 e. The van der Waals surface area contributed by atoms with Crippen LogP contribution in [0.5, 0.6) is 17.2 Å². The number of hydrogen-bond donors (Lipinski definition) is 0. The Balaban J connectivity index is 0.000000384. The molecular formula is C18H15O9V-3. The molecule has 0 fully saturated rings. The maximum absolute atomic E-state index is 10.5. The smallest absolute Gasteiger partial charge is 0.194 e. The van der Waals surface area contributed by atoms with Crippen molar-refractivity contribution in [1.82, 2.24) is 0 Å². The van der Waals surface area contributed by atoms with E-state index in [1.807, 2.05) is 0 Å². The third-order valence-corrected chi connectivity index (χ3v) is 2.85. The van der Waals surface area contributed by atoms with Crippen LogP contribution in [-0.2, 0) is 18.6 Å². The first-order valence-electron chi connectivity index (χ1n) is 7.41. The van der Waals surface area contributed by atoms with E-state index in [0.717, 1.165) is 0 Å². The number of carbonyl (C=O) groups is 3. The van der Waals surface area contributed by atoms with Crippen LogP contribution < -0.4 is 15.3 Å². The molecule has 28 heavy (non-hydrogen) atoms. The van der Waals surface area contributed by atoms with Gasteiger partial charge in [0.15, 0.2) is 34.6 Å². The molecule has 10 heteroatoms. The summed E-state index contributed by atoms with van der Waals surface area (Å²) in [6, 6.07) is 3.66. The predicted molar refractivity (Wildman–Crippen MR) is 84.5 cm³/mol. The van der Waals surface area contributed by atoms with Gasteiger partial charge < -0.3 is 28.6 Å². The van der Waals surface area contributed by atoms with Gasteiger partial charge in [-0.3, -0.25) is 14.4 Å². The second-order valence-electron chi connectivity index (χ2n) is 5.01. The van der Waals surface area contributed by atoms with Gasteiger partial charge in [0.1, 0.15) is 0 Å². The van der Waals surface area contributed by atoms with E-state index < -0.39 is 0 Å². The normalized spacial score (nSPS) is 9.11. The molecule has 3 rings (SSSR count). The van der Waals surface area contributed by atoms with Crippen molar-refractivity contribution in [3.05, 3.63) is 54.3 Å².